The number of ether oxygens (including phenoxy) is 1. The van der Waals surface area contributed by atoms with E-state index in [-0.39, 0.29) is 5.91 Å². The standard InChI is InChI=1S/C18H23N5O2/c24-18(22-5-2-10-23-11-8-19-9-12-23)15-3-1-4-16(13-15)25-17-14-20-6-7-21-17/h1,3-4,6-7,13-14,19H,2,5,8-12H2,(H,22,24). The predicted molar refractivity (Wildman–Crippen MR) is 94.8 cm³/mol. The van der Waals surface area contributed by atoms with Crippen LogP contribution in [0.15, 0.2) is 42.9 Å². The molecule has 25 heavy (non-hydrogen) atoms. The maximum absolute atomic E-state index is 12.3. The Morgan fingerprint density at radius 2 is 2.16 bits per heavy atom. The van der Waals surface area contributed by atoms with Gasteiger partial charge in [0.05, 0.1) is 6.20 Å². The van der Waals surface area contributed by atoms with Crippen LogP contribution in [-0.4, -0.2) is 60.0 Å². The minimum Gasteiger partial charge on any atom is -0.437 e. The van der Waals surface area contributed by atoms with Crippen molar-refractivity contribution in [3.8, 4) is 11.6 Å². The topological polar surface area (TPSA) is 79.4 Å². The molecule has 7 heteroatoms. The van der Waals surface area contributed by atoms with Crippen LogP contribution < -0.4 is 15.4 Å². The molecule has 1 fully saturated rings. The van der Waals surface area contributed by atoms with Gasteiger partial charge in [-0.1, -0.05) is 6.07 Å². The molecule has 1 saturated heterocycles. The van der Waals surface area contributed by atoms with Crippen molar-refractivity contribution in [1.82, 2.24) is 25.5 Å². The van der Waals surface area contributed by atoms with Crippen LogP contribution in [0.4, 0.5) is 0 Å². The smallest absolute Gasteiger partial charge is 0.251 e. The predicted octanol–water partition coefficient (Wildman–Crippen LogP) is 1.29. The highest BCUT2D eigenvalue weighted by atomic mass is 16.5. The lowest BCUT2D eigenvalue weighted by Crippen LogP contribution is -2.44. The van der Waals surface area contributed by atoms with Crippen molar-refractivity contribution in [2.24, 2.45) is 0 Å². The number of amides is 1. The summed E-state index contributed by atoms with van der Waals surface area (Å²) in [5.74, 6) is 0.870. The normalized spacial score (nSPS) is 14.9. The number of aromatic nitrogens is 2. The molecule has 7 nitrogen and oxygen atoms in total. The molecular weight excluding hydrogens is 318 g/mol. The average molecular weight is 341 g/mol. The number of benzene rings is 1. The summed E-state index contributed by atoms with van der Waals surface area (Å²) in [6.45, 7) is 5.93. The molecule has 2 N–H and O–H groups in total. The number of carbonyl (C=O) groups excluding carboxylic acids is 1. The first kappa shape index (κ1) is 17.3. The van der Waals surface area contributed by atoms with Crippen LogP contribution in [0.1, 0.15) is 16.8 Å². The van der Waals surface area contributed by atoms with E-state index >= 15 is 0 Å². The molecular formula is C18H23N5O2. The van der Waals surface area contributed by atoms with Crippen molar-refractivity contribution in [2.75, 3.05) is 39.3 Å². The van der Waals surface area contributed by atoms with Crippen molar-refractivity contribution in [3.05, 3.63) is 48.4 Å². The Labute approximate surface area is 147 Å². The number of rotatable bonds is 7. The summed E-state index contributed by atoms with van der Waals surface area (Å²) in [7, 11) is 0. The summed E-state index contributed by atoms with van der Waals surface area (Å²) in [4.78, 5) is 22.7. The first-order valence-corrected chi connectivity index (χ1v) is 8.56. The van der Waals surface area contributed by atoms with E-state index in [9.17, 15) is 4.79 Å². The first-order valence-electron chi connectivity index (χ1n) is 8.56. The first-order chi connectivity index (χ1) is 12.3. The van der Waals surface area contributed by atoms with E-state index in [4.69, 9.17) is 4.74 Å². The van der Waals surface area contributed by atoms with Gasteiger partial charge >= 0.3 is 0 Å². The molecule has 1 aliphatic rings. The number of hydrogen-bond donors (Lipinski definition) is 2. The van der Waals surface area contributed by atoms with E-state index in [1.807, 2.05) is 0 Å². The molecule has 2 aromatic rings. The fourth-order valence-electron chi connectivity index (χ4n) is 2.70. The maximum atomic E-state index is 12.3. The largest absolute Gasteiger partial charge is 0.437 e. The van der Waals surface area contributed by atoms with Gasteiger partial charge in [0, 0.05) is 50.7 Å². The Hall–Kier alpha value is -2.51. The Bertz CT molecular complexity index is 674. The molecule has 0 atom stereocenters. The van der Waals surface area contributed by atoms with Gasteiger partial charge in [0.25, 0.3) is 5.91 Å². The Morgan fingerprint density at radius 1 is 1.28 bits per heavy atom. The average Bonchev–Trinajstić information content (AvgIpc) is 2.67. The van der Waals surface area contributed by atoms with Gasteiger partial charge < -0.3 is 20.3 Å². The third-order valence-corrected chi connectivity index (χ3v) is 4.00. The van der Waals surface area contributed by atoms with Gasteiger partial charge in [-0.25, -0.2) is 4.98 Å². The zero-order chi connectivity index (χ0) is 17.3. The Kier molecular flexibility index (Phi) is 6.30. The molecule has 0 aliphatic carbocycles. The number of hydrogen-bond acceptors (Lipinski definition) is 6. The highest BCUT2D eigenvalue weighted by molar-refractivity contribution is 5.94. The van der Waals surface area contributed by atoms with Gasteiger partial charge in [-0.2, -0.15) is 0 Å². The summed E-state index contributed by atoms with van der Waals surface area (Å²) in [6, 6.07) is 7.06. The van der Waals surface area contributed by atoms with E-state index in [0.29, 0.717) is 23.7 Å². The molecule has 1 aromatic carbocycles. The quantitative estimate of drug-likeness (QED) is 0.739. The molecule has 0 spiro atoms. The lowest BCUT2D eigenvalue weighted by atomic mass is 10.2. The van der Waals surface area contributed by atoms with Gasteiger partial charge in [-0.05, 0) is 31.2 Å². The summed E-state index contributed by atoms with van der Waals surface area (Å²) in [5.41, 5.74) is 0.573. The van der Waals surface area contributed by atoms with E-state index in [2.05, 4.69) is 25.5 Å². The molecule has 3 rings (SSSR count). The van der Waals surface area contributed by atoms with Gasteiger partial charge in [-0.3, -0.25) is 9.78 Å². The monoisotopic (exact) mass is 341 g/mol. The van der Waals surface area contributed by atoms with Crippen molar-refractivity contribution in [2.45, 2.75) is 6.42 Å². The maximum Gasteiger partial charge on any atom is 0.251 e. The number of piperazine rings is 1. The molecule has 2 heterocycles. The summed E-state index contributed by atoms with van der Waals surface area (Å²) in [6.07, 6.45) is 5.62. The van der Waals surface area contributed by atoms with Gasteiger partial charge in [-0.15, -0.1) is 0 Å². The third kappa shape index (κ3) is 5.51. The minimum atomic E-state index is -0.0927. The summed E-state index contributed by atoms with van der Waals surface area (Å²) in [5, 5.41) is 6.30. The second-order valence-electron chi connectivity index (χ2n) is 5.87. The van der Waals surface area contributed by atoms with E-state index in [1.54, 1.807) is 36.7 Å². The van der Waals surface area contributed by atoms with Crippen molar-refractivity contribution >= 4 is 5.91 Å². The van der Waals surface area contributed by atoms with E-state index in [1.165, 1.54) is 6.20 Å². The minimum absolute atomic E-state index is 0.0927. The second kappa shape index (κ2) is 9.10. The van der Waals surface area contributed by atoms with Crippen molar-refractivity contribution in [3.63, 3.8) is 0 Å². The third-order valence-electron chi connectivity index (χ3n) is 4.00. The molecule has 0 bridgehead atoms. The summed E-state index contributed by atoms with van der Waals surface area (Å²) >= 11 is 0. The Balaban J connectivity index is 1.46. The Morgan fingerprint density at radius 3 is 2.96 bits per heavy atom. The van der Waals surface area contributed by atoms with Crippen LogP contribution in [0.5, 0.6) is 11.6 Å². The molecule has 1 aromatic heterocycles. The fraction of sp³-hybridized carbons (Fsp3) is 0.389. The highest BCUT2D eigenvalue weighted by Gasteiger charge is 2.10. The SMILES string of the molecule is O=C(NCCCN1CCNCC1)c1cccc(Oc2cnccn2)c1. The van der Waals surface area contributed by atoms with Crippen LogP contribution in [0, 0.1) is 0 Å². The number of nitrogens with one attached hydrogen (secondary N) is 2. The highest BCUT2D eigenvalue weighted by Crippen LogP contribution is 2.19. The number of carbonyl (C=O) groups is 1. The molecule has 132 valence electrons. The lowest BCUT2D eigenvalue weighted by Gasteiger charge is -2.27. The number of nitrogens with zero attached hydrogens (tertiary/aromatic N) is 3. The molecule has 0 saturated carbocycles. The molecule has 1 amide bonds. The van der Waals surface area contributed by atoms with Crippen LogP contribution in [0.3, 0.4) is 0 Å². The fourth-order valence-corrected chi connectivity index (χ4v) is 2.70. The molecule has 0 radical (unpaired) electrons. The lowest BCUT2D eigenvalue weighted by molar-refractivity contribution is 0.0951. The van der Waals surface area contributed by atoms with Gasteiger partial charge in [0.2, 0.25) is 5.88 Å². The molecule has 0 unspecified atom stereocenters. The van der Waals surface area contributed by atoms with Crippen LogP contribution in [0.2, 0.25) is 0 Å². The van der Waals surface area contributed by atoms with E-state index < -0.39 is 0 Å². The summed E-state index contributed by atoms with van der Waals surface area (Å²) < 4.78 is 5.61. The van der Waals surface area contributed by atoms with Crippen molar-refractivity contribution < 1.29 is 9.53 Å². The molecule has 1 aliphatic heterocycles. The van der Waals surface area contributed by atoms with Gasteiger partial charge in [0.1, 0.15) is 5.75 Å². The zero-order valence-electron chi connectivity index (χ0n) is 14.1. The zero-order valence-corrected chi connectivity index (χ0v) is 14.1. The van der Waals surface area contributed by atoms with Crippen LogP contribution >= 0.6 is 0 Å². The second-order valence-corrected chi connectivity index (χ2v) is 5.87. The van der Waals surface area contributed by atoms with Crippen molar-refractivity contribution in [1.29, 1.82) is 0 Å². The van der Waals surface area contributed by atoms with E-state index in [0.717, 1.165) is 39.1 Å². The van der Waals surface area contributed by atoms with Crippen LogP contribution in [-0.2, 0) is 0 Å². The van der Waals surface area contributed by atoms with Gasteiger partial charge in [0.15, 0.2) is 0 Å². The van der Waals surface area contributed by atoms with Crippen LogP contribution in [0.25, 0.3) is 0 Å².